The van der Waals surface area contributed by atoms with E-state index >= 15 is 0 Å². The average molecular weight is 169 g/mol. The maximum Gasteiger partial charge on any atom is 0.337 e. The Kier molecular flexibility index (Phi) is 2.15. The molecule has 1 aromatic rings. The summed E-state index contributed by atoms with van der Waals surface area (Å²) in [6.45, 7) is 5.34. The van der Waals surface area contributed by atoms with Gasteiger partial charge in [-0.3, -0.25) is 0 Å². The summed E-state index contributed by atoms with van der Waals surface area (Å²) in [5.74, 6) is -1.07. The first kappa shape index (κ1) is 8.08. The van der Waals surface area contributed by atoms with E-state index < -0.39 is 5.97 Å². The zero-order valence-electron chi connectivity index (χ0n) is 5.54. The van der Waals surface area contributed by atoms with Gasteiger partial charge in [0.15, 0.2) is 0 Å². The molecule has 0 amide bonds. The summed E-state index contributed by atoms with van der Waals surface area (Å²) in [5.41, 5.74) is 0.429. The second-order valence-electron chi connectivity index (χ2n) is 2.04. The molecule has 0 aliphatic rings. The molecule has 0 aliphatic carbocycles. The third-order valence-electron chi connectivity index (χ3n) is 1.22. The molecule has 0 saturated heterocycles. The maximum absolute atomic E-state index is 10.4. The lowest BCUT2D eigenvalue weighted by Gasteiger charge is -1.98. The Morgan fingerprint density at radius 3 is 2.64 bits per heavy atom. The van der Waals surface area contributed by atoms with Gasteiger partial charge < -0.3 is 5.11 Å². The summed E-state index contributed by atoms with van der Waals surface area (Å²) in [4.78, 5) is 10.4. The number of hydrogen-bond donors (Lipinski definition) is 1. The van der Waals surface area contributed by atoms with Crippen molar-refractivity contribution in [1.29, 1.82) is 0 Å². The van der Waals surface area contributed by atoms with Crippen LogP contribution >= 0.6 is 11.6 Å². The standard InChI is InChI=1S/C8H5ClO2/c1-5-2-3-7(9)6(4-5)8(10)11/h1-4H,(H,10,11). The van der Waals surface area contributed by atoms with E-state index in [2.05, 4.69) is 0 Å². The van der Waals surface area contributed by atoms with Gasteiger partial charge in [0.05, 0.1) is 10.6 Å². The number of carbonyl (C=O) groups is 1. The zero-order valence-corrected chi connectivity index (χ0v) is 6.30. The minimum absolute atomic E-state index is 0.0340. The number of hydrogen-bond acceptors (Lipinski definition) is 1. The van der Waals surface area contributed by atoms with Crippen molar-refractivity contribution in [1.82, 2.24) is 0 Å². The smallest absolute Gasteiger partial charge is 0.337 e. The van der Waals surface area contributed by atoms with E-state index in [9.17, 15) is 4.79 Å². The van der Waals surface area contributed by atoms with Crippen LogP contribution in [-0.2, 0) is 0 Å². The van der Waals surface area contributed by atoms with Gasteiger partial charge in [-0.05, 0) is 24.6 Å². The van der Waals surface area contributed by atoms with E-state index in [0.29, 0.717) is 5.56 Å². The Hall–Kier alpha value is -1.02. The predicted molar refractivity (Wildman–Crippen MR) is 41.8 cm³/mol. The predicted octanol–water partition coefficient (Wildman–Crippen LogP) is 2.10. The van der Waals surface area contributed by atoms with Crippen LogP contribution in [0.4, 0.5) is 0 Å². The number of benzene rings is 1. The van der Waals surface area contributed by atoms with E-state index in [-0.39, 0.29) is 10.6 Å². The highest BCUT2D eigenvalue weighted by molar-refractivity contribution is 6.33. The molecule has 2 nitrogen and oxygen atoms in total. The third kappa shape index (κ3) is 1.71. The van der Waals surface area contributed by atoms with Crippen LogP contribution in [0.15, 0.2) is 18.2 Å². The fourth-order valence-corrected chi connectivity index (χ4v) is 0.905. The van der Waals surface area contributed by atoms with Gasteiger partial charge in [0.2, 0.25) is 0 Å². The quantitative estimate of drug-likeness (QED) is 0.697. The van der Waals surface area contributed by atoms with Crippen molar-refractivity contribution in [2.24, 2.45) is 0 Å². The normalized spacial score (nSPS) is 9.64. The molecule has 1 aromatic carbocycles. The lowest BCUT2D eigenvalue weighted by Crippen LogP contribution is -1.97. The van der Waals surface area contributed by atoms with Gasteiger partial charge in [0, 0.05) is 0 Å². The molecule has 2 radical (unpaired) electrons. The van der Waals surface area contributed by atoms with Crippen molar-refractivity contribution in [2.75, 3.05) is 0 Å². The summed E-state index contributed by atoms with van der Waals surface area (Å²) in [6.07, 6.45) is 0. The van der Waals surface area contributed by atoms with Gasteiger partial charge in [0.1, 0.15) is 0 Å². The molecule has 11 heavy (non-hydrogen) atoms. The molecular weight excluding hydrogens is 164 g/mol. The van der Waals surface area contributed by atoms with E-state index in [1.54, 1.807) is 6.07 Å². The van der Waals surface area contributed by atoms with Crippen LogP contribution in [-0.4, -0.2) is 11.1 Å². The van der Waals surface area contributed by atoms with E-state index in [1.807, 2.05) is 0 Å². The monoisotopic (exact) mass is 168 g/mol. The third-order valence-corrected chi connectivity index (χ3v) is 1.55. The first-order valence-electron chi connectivity index (χ1n) is 2.89. The van der Waals surface area contributed by atoms with Crippen LogP contribution in [0.3, 0.4) is 0 Å². The first-order valence-corrected chi connectivity index (χ1v) is 3.27. The second-order valence-corrected chi connectivity index (χ2v) is 2.45. The number of carboxylic acids is 1. The van der Waals surface area contributed by atoms with Crippen molar-refractivity contribution in [3.8, 4) is 0 Å². The minimum atomic E-state index is -1.07. The van der Waals surface area contributed by atoms with Gasteiger partial charge in [0.25, 0.3) is 0 Å². The van der Waals surface area contributed by atoms with E-state index in [4.69, 9.17) is 23.6 Å². The van der Waals surface area contributed by atoms with Crippen molar-refractivity contribution < 1.29 is 9.90 Å². The highest BCUT2D eigenvalue weighted by atomic mass is 35.5. The minimum Gasteiger partial charge on any atom is -0.478 e. The molecule has 56 valence electrons. The Morgan fingerprint density at radius 1 is 1.55 bits per heavy atom. The first-order chi connectivity index (χ1) is 5.11. The molecule has 0 saturated carbocycles. The molecule has 0 heterocycles. The van der Waals surface area contributed by atoms with Crippen molar-refractivity contribution in [3.63, 3.8) is 0 Å². The molecule has 0 atom stereocenters. The van der Waals surface area contributed by atoms with Crippen LogP contribution in [0, 0.1) is 6.92 Å². The molecule has 0 spiro atoms. The number of carboxylic acid groups (broad SMARTS) is 1. The molecular formula is C8H5ClO2. The van der Waals surface area contributed by atoms with Gasteiger partial charge in [-0.1, -0.05) is 17.7 Å². The number of halogens is 1. The van der Waals surface area contributed by atoms with Crippen molar-refractivity contribution in [3.05, 3.63) is 41.3 Å². The summed E-state index contributed by atoms with van der Waals surface area (Å²) in [5, 5.41) is 8.75. The van der Waals surface area contributed by atoms with Crippen LogP contribution in [0.1, 0.15) is 15.9 Å². The van der Waals surface area contributed by atoms with Crippen molar-refractivity contribution >= 4 is 17.6 Å². The van der Waals surface area contributed by atoms with Gasteiger partial charge in [-0.15, -0.1) is 0 Å². The number of rotatable bonds is 1. The van der Waals surface area contributed by atoms with Gasteiger partial charge in [-0.25, -0.2) is 4.79 Å². The fraction of sp³-hybridized carbons (Fsp3) is 0. The molecule has 3 heteroatoms. The molecule has 0 aliphatic heterocycles. The highest BCUT2D eigenvalue weighted by Crippen LogP contribution is 2.16. The fourth-order valence-electron chi connectivity index (χ4n) is 0.707. The Balaban J connectivity index is 3.23. The van der Waals surface area contributed by atoms with Crippen LogP contribution in [0.25, 0.3) is 0 Å². The lowest BCUT2D eigenvalue weighted by molar-refractivity contribution is 0.0697. The molecule has 0 aromatic heterocycles. The molecule has 0 fully saturated rings. The summed E-state index contributed by atoms with van der Waals surface area (Å²) >= 11 is 5.55. The topological polar surface area (TPSA) is 37.3 Å². The van der Waals surface area contributed by atoms with E-state index in [1.165, 1.54) is 12.1 Å². The summed E-state index contributed by atoms with van der Waals surface area (Å²) < 4.78 is 0. The Morgan fingerprint density at radius 2 is 2.18 bits per heavy atom. The Bertz CT molecular complexity index is 294. The summed E-state index contributed by atoms with van der Waals surface area (Å²) in [7, 11) is 0. The molecule has 0 unspecified atom stereocenters. The Labute approximate surface area is 69.4 Å². The lowest BCUT2D eigenvalue weighted by atomic mass is 10.1. The van der Waals surface area contributed by atoms with Crippen LogP contribution < -0.4 is 0 Å². The zero-order chi connectivity index (χ0) is 8.43. The van der Waals surface area contributed by atoms with E-state index in [0.717, 1.165) is 0 Å². The SMILES string of the molecule is [CH]c1ccc(Cl)c(C(=O)O)c1. The van der Waals surface area contributed by atoms with Gasteiger partial charge in [-0.2, -0.15) is 0 Å². The average Bonchev–Trinajstić information content (AvgIpc) is 1.94. The maximum atomic E-state index is 10.4. The molecule has 0 bridgehead atoms. The second kappa shape index (κ2) is 2.93. The molecule has 1 N–H and O–H groups in total. The van der Waals surface area contributed by atoms with Gasteiger partial charge >= 0.3 is 5.97 Å². The summed E-state index contributed by atoms with van der Waals surface area (Å²) in [6, 6.07) is 4.33. The van der Waals surface area contributed by atoms with Crippen LogP contribution in [0.2, 0.25) is 5.02 Å². The molecule has 1 rings (SSSR count). The number of aromatic carboxylic acids is 1. The largest absolute Gasteiger partial charge is 0.478 e. The van der Waals surface area contributed by atoms with Crippen LogP contribution in [0.5, 0.6) is 0 Å². The van der Waals surface area contributed by atoms with Crippen molar-refractivity contribution in [2.45, 2.75) is 0 Å². The highest BCUT2D eigenvalue weighted by Gasteiger charge is 2.07.